The molecular weight excluding hydrogens is 422 g/mol. The van der Waals surface area contributed by atoms with Crippen LogP contribution in [0.1, 0.15) is 31.2 Å². The zero-order valence-corrected chi connectivity index (χ0v) is 18.8. The Morgan fingerprint density at radius 1 is 1.13 bits per heavy atom. The number of halogens is 1. The molecule has 0 fully saturated rings. The normalized spacial score (nSPS) is 10.8. The van der Waals surface area contributed by atoms with Crippen LogP contribution in [-0.2, 0) is 11.4 Å². The highest BCUT2D eigenvalue weighted by molar-refractivity contribution is 7.99. The van der Waals surface area contributed by atoms with Crippen LogP contribution in [0, 0.1) is 6.92 Å². The molecule has 3 aromatic rings. The summed E-state index contributed by atoms with van der Waals surface area (Å²) in [7, 11) is 1.63. The second kappa shape index (κ2) is 10.5. The number of methoxy groups -OCH3 is 1. The van der Waals surface area contributed by atoms with Crippen molar-refractivity contribution in [3.05, 3.63) is 58.9 Å². The first-order valence-corrected chi connectivity index (χ1v) is 10.9. The predicted molar refractivity (Wildman–Crippen MR) is 119 cm³/mol. The molecule has 0 bridgehead atoms. The lowest BCUT2D eigenvalue weighted by atomic mass is 10.2. The monoisotopic (exact) mass is 445 g/mol. The van der Waals surface area contributed by atoms with Crippen LogP contribution >= 0.6 is 23.4 Å². The second-order valence-corrected chi connectivity index (χ2v) is 8.26. The molecule has 0 saturated carbocycles. The molecule has 0 spiro atoms. The molecule has 0 N–H and O–H groups in total. The van der Waals surface area contributed by atoms with Gasteiger partial charge in [-0.3, -0.25) is 4.57 Å². The summed E-state index contributed by atoms with van der Waals surface area (Å²) in [5.41, 5.74) is 1.87. The van der Waals surface area contributed by atoms with E-state index >= 15 is 0 Å². The fourth-order valence-electron chi connectivity index (χ4n) is 2.77. The van der Waals surface area contributed by atoms with Gasteiger partial charge in [-0.05, 0) is 62.2 Å². The van der Waals surface area contributed by atoms with Crippen LogP contribution < -0.4 is 9.47 Å². The summed E-state index contributed by atoms with van der Waals surface area (Å²) in [5.74, 6) is 3.11. The zero-order chi connectivity index (χ0) is 21.5. The molecule has 3 rings (SSSR count). The van der Waals surface area contributed by atoms with Crippen molar-refractivity contribution in [1.82, 2.24) is 14.8 Å². The maximum absolute atomic E-state index is 11.2. The lowest BCUT2D eigenvalue weighted by Crippen LogP contribution is -2.07. The third-order valence-corrected chi connectivity index (χ3v) is 5.87. The lowest BCUT2D eigenvalue weighted by Gasteiger charge is -2.12. The number of aryl methyl sites for hydroxylation is 1. The Kier molecular flexibility index (Phi) is 7.76. The van der Waals surface area contributed by atoms with Gasteiger partial charge in [-0.25, -0.2) is 0 Å². The van der Waals surface area contributed by atoms with E-state index in [4.69, 9.17) is 21.1 Å². The van der Waals surface area contributed by atoms with Gasteiger partial charge in [-0.2, -0.15) is 0 Å². The van der Waals surface area contributed by atoms with Crippen molar-refractivity contribution < 1.29 is 14.3 Å². The van der Waals surface area contributed by atoms with Crippen LogP contribution in [-0.4, -0.2) is 33.4 Å². The molecule has 0 radical (unpaired) electrons. The highest BCUT2D eigenvalue weighted by Gasteiger charge is 2.16. The van der Waals surface area contributed by atoms with E-state index in [9.17, 15) is 4.79 Å². The largest absolute Gasteiger partial charge is 0.497 e. The number of hydrogen-bond acceptors (Lipinski definition) is 6. The maximum atomic E-state index is 11.2. The lowest BCUT2D eigenvalue weighted by molar-refractivity contribution is -0.117. The quantitative estimate of drug-likeness (QED) is 0.312. The van der Waals surface area contributed by atoms with Crippen LogP contribution in [0.5, 0.6) is 11.5 Å². The van der Waals surface area contributed by atoms with E-state index in [1.807, 2.05) is 54.0 Å². The molecule has 1 heterocycles. The number of carbonyl (C=O) groups excluding carboxylic acids is 1. The third kappa shape index (κ3) is 5.77. The summed E-state index contributed by atoms with van der Waals surface area (Å²) in [6.45, 7) is 3.82. The molecule has 8 heteroatoms. The number of nitrogens with zero attached hydrogens (tertiary/aromatic N) is 3. The van der Waals surface area contributed by atoms with Crippen molar-refractivity contribution in [3.63, 3.8) is 0 Å². The van der Waals surface area contributed by atoms with Crippen molar-refractivity contribution in [2.75, 3.05) is 12.9 Å². The van der Waals surface area contributed by atoms with Gasteiger partial charge < -0.3 is 14.3 Å². The molecule has 0 unspecified atom stereocenters. The van der Waals surface area contributed by atoms with Crippen molar-refractivity contribution in [2.24, 2.45) is 0 Å². The number of Topliss-reactive ketones (excluding diaryl/α,β-unsaturated/α-hetero) is 1. The Labute approximate surface area is 185 Å². The molecule has 0 aliphatic carbocycles. The smallest absolute Gasteiger partial charge is 0.195 e. The molecule has 6 nitrogen and oxygen atoms in total. The second-order valence-electron chi connectivity index (χ2n) is 6.79. The summed E-state index contributed by atoms with van der Waals surface area (Å²) in [6, 6.07) is 13.2. The Bertz CT molecular complexity index is 1010. The van der Waals surface area contributed by atoms with Gasteiger partial charge in [0.2, 0.25) is 0 Å². The van der Waals surface area contributed by atoms with Gasteiger partial charge in [0, 0.05) is 17.2 Å². The van der Waals surface area contributed by atoms with E-state index in [0.29, 0.717) is 23.0 Å². The summed E-state index contributed by atoms with van der Waals surface area (Å²) in [6.07, 6.45) is 1.35. The Morgan fingerprint density at radius 2 is 1.87 bits per heavy atom. The van der Waals surface area contributed by atoms with Gasteiger partial charge >= 0.3 is 0 Å². The summed E-state index contributed by atoms with van der Waals surface area (Å²) >= 11 is 7.92. The first-order chi connectivity index (χ1) is 14.5. The molecule has 0 aliphatic rings. The van der Waals surface area contributed by atoms with Crippen LogP contribution in [0.2, 0.25) is 5.02 Å². The summed E-state index contributed by atoms with van der Waals surface area (Å²) in [5, 5.41) is 10.1. The number of benzene rings is 2. The van der Waals surface area contributed by atoms with E-state index in [-0.39, 0.29) is 12.4 Å². The molecule has 0 atom stereocenters. The number of carbonyl (C=O) groups is 1. The summed E-state index contributed by atoms with van der Waals surface area (Å²) in [4.78, 5) is 11.2. The Balaban J connectivity index is 1.81. The SMILES string of the molecule is COc1ccc(OCc2nnc(SCCCC(C)=O)n2-c2ccc(C)c(Cl)c2)cc1. The summed E-state index contributed by atoms with van der Waals surface area (Å²) < 4.78 is 13.0. The van der Waals surface area contributed by atoms with Crippen LogP contribution in [0.4, 0.5) is 0 Å². The van der Waals surface area contributed by atoms with Crippen LogP contribution in [0.15, 0.2) is 47.6 Å². The number of rotatable bonds is 10. The number of hydrogen-bond donors (Lipinski definition) is 0. The van der Waals surface area contributed by atoms with Gasteiger partial charge in [0.05, 0.1) is 12.8 Å². The van der Waals surface area contributed by atoms with Gasteiger partial charge in [0.25, 0.3) is 0 Å². The van der Waals surface area contributed by atoms with Crippen molar-refractivity contribution in [3.8, 4) is 17.2 Å². The average molecular weight is 446 g/mol. The molecule has 158 valence electrons. The minimum atomic E-state index is 0.191. The van der Waals surface area contributed by atoms with Gasteiger partial charge in [-0.15, -0.1) is 10.2 Å². The third-order valence-electron chi connectivity index (χ3n) is 4.45. The Morgan fingerprint density at radius 3 is 2.53 bits per heavy atom. The fourth-order valence-corrected chi connectivity index (χ4v) is 3.86. The zero-order valence-electron chi connectivity index (χ0n) is 17.2. The number of thioether (sulfide) groups is 1. The topological polar surface area (TPSA) is 66.2 Å². The van der Waals surface area contributed by atoms with E-state index in [1.54, 1.807) is 25.8 Å². The van der Waals surface area contributed by atoms with Gasteiger partial charge in [0.1, 0.15) is 23.9 Å². The molecule has 30 heavy (non-hydrogen) atoms. The molecule has 0 saturated heterocycles. The van der Waals surface area contributed by atoms with Crippen molar-refractivity contribution in [2.45, 2.75) is 38.5 Å². The highest BCUT2D eigenvalue weighted by Crippen LogP contribution is 2.27. The Hall–Kier alpha value is -2.51. The molecule has 2 aromatic carbocycles. The first kappa shape index (κ1) is 22.2. The fraction of sp³-hybridized carbons (Fsp3) is 0.318. The number of ether oxygens (including phenoxy) is 2. The van der Waals surface area contributed by atoms with Gasteiger partial charge in [0.15, 0.2) is 11.0 Å². The molecule has 0 amide bonds. The van der Waals surface area contributed by atoms with Crippen LogP contribution in [0.3, 0.4) is 0 Å². The standard InChI is InChI=1S/C22H24ClN3O3S/c1-15-6-7-17(13-20(15)23)26-21(14-29-19-10-8-18(28-3)9-11-19)24-25-22(26)30-12-4-5-16(2)27/h6-11,13H,4-5,12,14H2,1-3H3. The van der Waals surface area contributed by atoms with E-state index in [2.05, 4.69) is 10.2 Å². The van der Waals surface area contributed by atoms with Crippen molar-refractivity contribution >= 4 is 29.1 Å². The number of ketones is 1. The average Bonchev–Trinajstić information content (AvgIpc) is 3.14. The van der Waals surface area contributed by atoms with E-state index < -0.39 is 0 Å². The highest BCUT2D eigenvalue weighted by atomic mass is 35.5. The molecular formula is C22H24ClN3O3S. The van der Waals surface area contributed by atoms with Crippen molar-refractivity contribution in [1.29, 1.82) is 0 Å². The number of aromatic nitrogens is 3. The van der Waals surface area contributed by atoms with Gasteiger partial charge in [-0.1, -0.05) is 29.4 Å². The molecule has 0 aliphatic heterocycles. The van der Waals surface area contributed by atoms with E-state index in [1.165, 1.54) is 0 Å². The van der Waals surface area contributed by atoms with Crippen LogP contribution in [0.25, 0.3) is 5.69 Å². The first-order valence-electron chi connectivity index (χ1n) is 9.58. The predicted octanol–water partition coefficient (Wildman–Crippen LogP) is 5.28. The minimum absolute atomic E-state index is 0.191. The van der Waals surface area contributed by atoms with E-state index in [0.717, 1.165) is 34.3 Å². The minimum Gasteiger partial charge on any atom is -0.497 e. The maximum Gasteiger partial charge on any atom is 0.195 e. The molecule has 1 aromatic heterocycles.